The molecule has 1 amide bonds. The van der Waals surface area contributed by atoms with Crippen molar-refractivity contribution in [3.8, 4) is 0 Å². The predicted molar refractivity (Wildman–Crippen MR) is 61.3 cm³/mol. The van der Waals surface area contributed by atoms with Gasteiger partial charge < -0.3 is 15.0 Å². The largest absolute Gasteiger partial charge is 0.395 e. The van der Waals surface area contributed by atoms with Gasteiger partial charge in [0.25, 0.3) is 5.91 Å². The molecule has 90 valence electrons. The maximum atomic E-state index is 11.7. The van der Waals surface area contributed by atoms with Crippen LogP contribution in [0.1, 0.15) is 37.1 Å². The lowest BCUT2D eigenvalue weighted by Gasteiger charge is -2.19. The third-order valence-corrected chi connectivity index (χ3v) is 2.36. The van der Waals surface area contributed by atoms with Gasteiger partial charge in [-0.15, -0.1) is 0 Å². The summed E-state index contributed by atoms with van der Waals surface area (Å²) < 4.78 is 1.78. The molecule has 16 heavy (non-hydrogen) atoms. The number of carbonyl (C=O) groups is 1. The molecule has 0 aromatic carbocycles. The second-order valence-corrected chi connectivity index (χ2v) is 4.76. The summed E-state index contributed by atoms with van der Waals surface area (Å²) >= 11 is 0. The van der Waals surface area contributed by atoms with Gasteiger partial charge >= 0.3 is 0 Å². The summed E-state index contributed by atoms with van der Waals surface area (Å²) in [5.74, 6) is 0.116. The minimum atomic E-state index is -0.257. The van der Waals surface area contributed by atoms with Gasteiger partial charge in [-0.25, -0.2) is 4.98 Å². The van der Waals surface area contributed by atoms with Crippen LogP contribution in [-0.2, 0) is 12.5 Å². The number of nitrogens with one attached hydrogen (secondary N) is 1. The van der Waals surface area contributed by atoms with E-state index in [1.54, 1.807) is 10.8 Å². The fourth-order valence-corrected chi connectivity index (χ4v) is 1.57. The molecule has 1 aromatic rings. The molecule has 1 aromatic heterocycles. The monoisotopic (exact) mass is 225 g/mol. The van der Waals surface area contributed by atoms with Gasteiger partial charge in [0.2, 0.25) is 0 Å². The van der Waals surface area contributed by atoms with Crippen molar-refractivity contribution < 1.29 is 9.90 Å². The summed E-state index contributed by atoms with van der Waals surface area (Å²) in [6, 6.07) is 0. The van der Waals surface area contributed by atoms with Gasteiger partial charge in [-0.2, -0.15) is 0 Å². The Hall–Kier alpha value is -1.36. The van der Waals surface area contributed by atoms with Crippen molar-refractivity contribution in [1.82, 2.24) is 14.9 Å². The van der Waals surface area contributed by atoms with E-state index in [1.807, 2.05) is 7.05 Å². The summed E-state index contributed by atoms with van der Waals surface area (Å²) in [6.07, 6.45) is 1.72. The summed E-state index contributed by atoms with van der Waals surface area (Å²) in [6.45, 7) is 6.39. The molecule has 2 N–H and O–H groups in total. The van der Waals surface area contributed by atoms with E-state index in [4.69, 9.17) is 5.11 Å². The molecule has 0 aliphatic rings. The number of rotatable bonds is 3. The normalized spacial score (nSPS) is 11.6. The molecule has 0 fully saturated rings. The highest BCUT2D eigenvalue weighted by molar-refractivity contribution is 5.90. The summed E-state index contributed by atoms with van der Waals surface area (Å²) in [5, 5.41) is 11.2. The average Bonchev–Trinajstić information content (AvgIpc) is 2.56. The van der Waals surface area contributed by atoms with E-state index in [0.29, 0.717) is 5.82 Å². The van der Waals surface area contributed by atoms with E-state index >= 15 is 0 Å². The quantitative estimate of drug-likeness (QED) is 0.784. The van der Waals surface area contributed by atoms with E-state index < -0.39 is 0 Å². The standard InChI is InChI=1S/C11H19N3O2/c1-11(2,3)8-7-13-9(14(8)4)10(16)12-5-6-15/h7,15H,5-6H2,1-4H3,(H,12,16). The van der Waals surface area contributed by atoms with Crippen LogP contribution in [0.3, 0.4) is 0 Å². The van der Waals surface area contributed by atoms with Gasteiger partial charge in [-0.05, 0) is 0 Å². The number of aliphatic hydroxyl groups excluding tert-OH is 1. The van der Waals surface area contributed by atoms with Crippen molar-refractivity contribution in [2.45, 2.75) is 26.2 Å². The third kappa shape index (κ3) is 2.61. The van der Waals surface area contributed by atoms with Gasteiger partial charge in [-0.1, -0.05) is 20.8 Å². The van der Waals surface area contributed by atoms with E-state index in [2.05, 4.69) is 31.1 Å². The summed E-state index contributed by atoms with van der Waals surface area (Å²) in [7, 11) is 1.82. The van der Waals surface area contributed by atoms with Crippen LogP contribution in [0.15, 0.2) is 6.20 Å². The van der Waals surface area contributed by atoms with E-state index in [0.717, 1.165) is 5.69 Å². The molecule has 0 spiro atoms. The molecular weight excluding hydrogens is 206 g/mol. The van der Waals surface area contributed by atoms with Crippen molar-refractivity contribution >= 4 is 5.91 Å². The summed E-state index contributed by atoms with van der Waals surface area (Å²) in [4.78, 5) is 15.8. The highest BCUT2D eigenvalue weighted by atomic mass is 16.3. The number of amides is 1. The number of carbonyl (C=O) groups excluding carboxylic acids is 1. The zero-order chi connectivity index (χ0) is 12.3. The molecule has 0 unspecified atom stereocenters. The topological polar surface area (TPSA) is 67.2 Å². The number of hydrogen-bond acceptors (Lipinski definition) is 3. The second kappa shape index (κ2) is 4.65. The first kappa shape index (κ1) is 12.7. The van der Waals surface area contributed by atoms with Crippen molar-refractivity contribution in [1.29, 1.82) is 0 Å². The molecule has 5 heteroatoms. The zero-order valence-electron chi connectivity index (χ0n) is 10.2. The lowest BCUT2D eigenvalue weighted by Crippen LogP contribution is -2.29. The highest BCUT2D eigenvalue weighted by Crippen LogP contribution is 2.22. The van der Waals surface area contributed by atoms with Gasteiger partial charge in [0.1, 0.15) is 0 Å². The van der Waals surface area contributed by atoms with E-state index in [1.165, 1.54) is 0 Å². The molecule has 0 saturated heterocycles. The van der Waals surface area contributed by atoms with Crippen LogP contribution in [0.2, 0.25) is 0 Å². The van der Waals surface area contributed by atoms with Crippen LogP contribution < -0.4 is 5.32 Å². The highest BCUT2D eigenvalue weighted by Gasteiger charge is 2.22. The lowest BCUT2D eigenvalue weighted by atomic mass is 9.93. The van der Waals surface area contributed by atoms with Crippen molar-refractivity contribution in [2.75, 3.05) is 13.2 Å². The van der Waals surface area contributed by atoms with Crippen molar-refractivity contribution in [3.05, 3.63) is 17.7 Å². The first-order valence-corrected chi connectivity index (χ1v) is 5.29. The van der Waals surface area contributed by atoms with Gasteiger partial charge in [0.05, 0.1) is 6.61 Å². The van der Waals surface area contributed by atoms with Gasteiger partial charge in [0.15, 0.2) is 5.82 Å². The Balaban J connectivity index is 2.92. The molecule has 0 aliphatic carbocycles. The fourth-order valence-electron chi connectivity index (χ4n) is 1.57. The van der Waals surface area contributed by atoms with Crippen LogP contribution in [0.5, 0.6) is 0 Å². The van der Waals surface area contributed by atoms with Crippen LogP contribution in [-0.4, -0.2) is 33.7 Å². The van der Waals surface area contributed by atoms with Crippen LogP contribution in [0, 0.1) is 0 Å². The first-order chi connectivity index (χ1) is 7.38. The number of imidazole rings is 1. The SMILES string of the molecule is Cn1c(C(C)(C)C)cnc1C(=O)NCCO. The maximum Gasteiger partial charge on any atom is 0.287 e. The molecule has 1 heterocycles. The molecule has 1 rings (SSSR count). The molecular formula is C11H19N3O2. The second-order valence-electron chi connectivity index (χ2n) is 4.76. The molecule has 0 aliphatic heterocycles. The Morgan fingerprint density at radius 2 is 2.19 bits per heavy atom. The Morgan fingerprint density at radius 3 is 2.62 bits per heavy atom. The van der Waals surface area contributed by atoms with Gasteiger partial charge in [0, 0.05) is 30.9 Å². The smallest absolute Gasteiger partial charge is 0.287 e. The maximum absolute atomic E-state index is 11.7. The predicted octanol–water partition coefficient (Wildman–Crippen LogP) is 0.440. The number of nitrogens with zero attached hydrogens (tertiary/aromatic N) is 2. The summed E-state index contributed by atoms with van der Waals surface area (Å²) in [5.41, 5.74) is 0.957. The Kier molecular flexibility index (Phi) is 3.70. The molecule has 5 nitrogen and oxygen atoms in total. The zero-order valence-corrected chi connectivity index (χ0v) is 10.2. The van der Waals surface area contributed by atoms with E-state index in [-0.39, 0.29) is 24.5 Å². The lowest BCUT2D eigenvalue weighted by molar-refractivity contribution is 0.0931. The Morgan fingerprint density at radius 1 is 1.56 bits per heavy atom. The number of hydrogen-bond donors (Lipinski definition) is 2. The Labute approximate surface area is 95.5 Å². The van der Waals surface area contributed by atoms with E-state index in [9.17, 15) is 4.79 Å². The van der Waals surface area contributed by atoms with Crippen molar-refractivity contribution in [3.63, 3.8) is 0 Å². The van der Waals surface area contributed by atoms with Crippen molar-refractivity contribution in [2.24, 2.45) is 7.05 Å². The molecule has 0 radical (unpaired) electrons. The number of aromatic nitrogens is 2. The van der Waals surface area contributed by atoms with Crippen LogP contribution in [0.25, 0.3) is 0 Å². The Bertz CT molecular complexity index is 377. The van der Waals surface area contributed by atoms with Crippen LogP contribution in [0.4, 0.5) is 0 Å². The minimum Gasteiger partial charge on any atom is -0.395 e. The first-order valence-electron chi connectivity index (χ1n) is 5.29. The third-order valence-electron chi connectivity index (χ3n) is 2.36. The number of aliphatic hydroxyl groups is 1. The molecule has 0 saturated carbocycles. The fraction of sp³-hybridized carbons (Fsp3) is 0.636. The average molecular weight is 225 g/mol. The minimum absolute atomic E-state index is 0.0444. The molecule has 0 bridgehead atoms. The van der Waals surface area contributed by atoms with Gasteiger partial charge in [-0.3, -0.25) is 4.79 Å². The van der Waals surface area contributed by atoms with Crippen LogP contribution >= 0.6 is 0 Å². The molecule has 0 atom stereocenters.